The zero-order chi connectivity index (χ0) is 25.8. The summed E-state index contributed by atoms with van der Waals surface area (Å²) in [7, 11) is -7.44. The van der Waals surface area contributed by atoms with Crippen molar-refractivity contribution in [2.24, 2.45) is 16.1 Å². The largest absolute Gasteiger partial charge is 0.509 e. The number of nitrogens with zero attached hydrogens (tertiary/aromatic N) is 2. The van der Waals surface area contributed by atoms with Gasteiger partial charge in [0, 0.05) is 12.2 Å². The standard InChI is InChI=1S/C23H33N4O6PS/c1-6-33-34(30)17-13-15(26-35(5,31)32)9-10-16(17)24-21(25-34)18-19(28)20(23(2,3)4)27(22(18)29)12-11-14-7-8-14/h9-10,13-14,20,26,28H,6-8,11-12H2,1-5H3,(H,24,25,30). The molecule has 2 unspecified atom stereocenters. The molecule has 3 aliphatic rings. The van der Waals surface area contributed by atoms with E-state index >= 15 is 0 Å². The fraction of sp³-hybridized carbons (Fsp3) is 0.565. The molecule has 1 saturated carbocycles. The number of carbonyl (C=O) groups is 1. The maximum Gasteiger partial charge on any atom is 0.348 e. The molecule has 1 aromatic carbocycles. The number of amides is 1. The highest BCUT2D eigenvalue weighted by Gasteiger charge is 2.48. The molecule has 35 heavy (non-hydrogen) atoms. The molecule has 0 spiro atoms. The lowest BCUT2D eigenvalue weighted by Crippen LogP contribution is -2.44. The van der Waals surface area contributed by atoms with Crippen molar-refractivity contribution in [3.05, 3.63) is 29.5 Å². The molecule has 1 fully saturated rings. The van der Waals surface area contributed by atoms with Crippen LogP contribution in [0.4, 0.5) is 11.4 Å². The van der Waals surface area contributed by atoms with E-state index in [-0.39, 0.29) is 40.7 Å². The second-order valence-corrected chi connectivity index (χ2v) is 14.1. The van der Waals surface area contributed by atoms with Crippen LogP contribution in [0.25, 0.3) is 0 Å². The first-order valence-electron chi connectivity index (χ1n) is 11.7. The van der Waals surface area contributed by atoms with Gasteiger partial charge in [-0.05, 0) is 42.9 Å². The summed E-state index contributed by atoms with van der Waals surface area (Å²) in [4.78, 5) is 15.3. The normalized spacial score (nSPS) is 24.8. The monoisotopic (exact) mass is 524 g/mol. The molecule has 0 radical (unpaired) electrons. The minimum absolute atomic E-state index is 0.00959. The smallest absolute Gasteiger partial charge is 0.348 e. The van der Waals surface area contributed by atoms with E-state index < -0.39 is 29.0 Å². The second kappa shape index (κ2) is 8.94. The van der Waals surface area contributed by atoms with Gasteiger partial charge in [-0.3, -0.25) is 14.1 Å². The molecule has 1 aliphatic carbocycles. The van der Waals surface area contributed by atoms with Crippen LogP contribution >= 0.6 is 7.52 Å². The highest BCUT2D eigenvalue weighted by molar-refractivity contribution is 7.92. The minimum atomic E-state index is -3.88. The summed E-state index contributed by atoms with van der Waals surface area (Å²) in [5.41, 5.74) is 0.130. The van der Waals surface area contributed by atoms with Crippen molar-refractivity contribution in [2.45, 2.75) is 53.0 Å². The number of hydrogen-bond acceptors (Lipinski definition) is 7. The highest BCUT2D eigenvalue weighted by Crippen LogP contribution is 2.53. The zero-order valence-electron chi connectivity index (χ0n) is 20.7. The Bertz CT molecular complexity index is 1260. The van der Waals surface area contributed by atoms with Crippen LogP contribution in [0.3, 0.4) is 0 Å². The lowest BCUT2D eigenvalue weighted by atomic mass is 9.85. The van der Waals surface area contributed by atoms with E-state index in [0.29, 0.717) is 18.2 Å². The molecule has 3 N–H and O–H groups in total. The van der Waals surface area contributed by atoms with Gasteiger partial charge >= 0.3 is 7.52 Å². The first-order valence-corrected chi connectivity index (χ1v) is 15.2. The fourth-order valence-electron chi connectivity index (χ4n) is 4.59. The van der Waals surface area contributed by atoms with Crippen molar-refractivity contribution in [3.8, 4) is 0 Å². The van der Waals surface area contributed by atoms with Crippen LogP contribution in [-0.4, -0.2) is 55.6 Å². The minimum Gasteiger partial charge on any atom is -0.509 e. The van der Waals surface area contributed by atoms with Gasteiger partial charge < -0.3 is 19.8 Å². The lowest BCUT2D eigenvalue weighted by molar-refractivity contribution is -0.128. The maximum atomic E-state index is 13.9. The number of benzene rings is 1. The molecule has 0 saturated heterocycles. The number of carbonyl (C=O) groups excluding carboxylic acids is 1. The van der Waals surface area contributed by atoms with E-state index in [4.69, 9.17) is 4.52 Å². The molecular formula is C23H33N4O6PS. The van der Waals surface area contributed by atoms with Gasteiger partial charge in [0.15, 0.2) is 5.84 Å². The summed E-state index contributed by atoms with van der Waals surface area (Å²) in [6.45, 7) is 8.14. The highest BCUT2D eigenvalue weighted by atomic mass is 32.2. The van der Waals surface area contributed by atoms with E-state index in [2.05, 4.69) is 14.8 Å². The second-order valence-electron chi connectivity index (χ2n) is 10.4. The van der Waals surface area contributed by atoms with Crippen LogP contribution in [0.5, 0.6) is 0 Å². The molecule has 10 nitrogen and oxygen atoms in total. The Morgan fingerprint density at radius 2 is 2.00 bits per heavy atom. The summed E-state index contributed by atoms with van der Waals surface area (Å²) in [5, 5.41) is 14.5. The zero-order valence-corrected chi connectivity index (χ0v) is 22.4. The average Bonchev–Trinajstić information content (AvgIpc) is 3.50. The number of rotatable bonds is 8. The number of fused-ring (bicyclic) bond motifs is 1. The van der Waals surface area contributed by atoms with Crippen LogP contribution in [-0.2, 0) is 23.9 Å². The van der Waals surface area contributed by atoms with Crippen molar-refractivity contribution < 1.29 is 27.4 Å². The van der Waals surface area contributed by atoms with E-state index in [1.54, 1.807) is 17.9 Å². The lowest BCUT2D eigenvalue weighted by Gasteiger charge is -2.35. The van der Waals surface area contributed by atoms with Crippen LogP contribution in [0.1, 0.15) is 47.0 Å². The van der Waals surface area contributed by atoms with Crippen LogP contribution in [0, 0.1) is 11.3 Å². The van der Waals surface area contributed by atoms with Crippen LogP contribution in [0.2, 0.25) is 0 Å². The molecule has 12 heteroatoms. The first kappa shape index (κ1) is 25.7. The Balaban J connectivity index is 1.76. The van der Waals surface area contributed by atoms with Gasteiger partial charge in [0.25, 0.3) is 5.91 Å². The first-order chi connectivity index (χ1) is 16.2. The Morgan fingerprint density at radius 1 is 1.31 bits per heavy atom. The Kier molecular flexibility index (Phi) is 6.57. The van der Waals surface area contributed by atoms with Gasteiger partial charge in [-0.25, -0.2) is 8.42 Å². The molecule has 0 bridgehead atoms. The summed E-state index contributed by atoms with van der Waals surface area (Å²) in [6.07, 6.45) is 4.21. The van der Waals surface area contributed by atoms with Crippen molar-refractivity contribution in [1.29, 1.82) is 0 Å². The van der Waals surface area contributed by atoms with Gasteiger partial charge in [0.1, 0.15) is 11.3 Å². The third kappa shape index (κ3) is 5.27. The van der Waals surface area contributed by atoms with E-state index in [0.717, 1.165) is 25.5 Å². The van der Waals surface area contributed by atoms with Crippen LogP contribution < -0.4 is 15.3 Å². The summed E-state index contributed by atoms with van der Waals surface area (Å²) in [5.74, 6) is 0.130. The van der Waals surface area contributed by atoms with Crippen molar-refractivity contribution in [3.63, 3.8) is 0 Å². The number of amidine groups is 1. The third-order valence-electron chi connectivity index (χ3n) is 6.23. The maximum absolute atomic E-state index is 13.9. The number of aliphatic hydroxyl groups is 1. The van der Waals surface area contributed by atoms with Gasteiger partial charge in [-0.2, -0.15) is 4.76 Å². The molecule has 2 aliphatic heterocycles. The molecule has 2 atom stereocenters. The predicted molar refractivity (Wildman–Crippen MR) is 137 cm³/mol. The van der Waals surface area contributed by atoms with Gasteiger partial charge in [-0.15, -0.1) is 0 Å². The summed E-state index contributed by atoms with van der Waals surface area (Å²) >= 11 is 0. The van der Waals surface area contributed by atoms with E-state index in [1.807, 2.05) is 20.8 Å². The number of anilines is 2. The number of nitrogens with one attached hydrogen (secondary N) is 2. The third-order valence-corrected chi connectivity index (χ3v) is 8.88. The molecular weight excluding hydrogens is 491 g/mol. The molecule has 2 heterocycles. The van der Waals surface area contributed by atoms with Crippen molar-refractivity contribution >= 4 is 46.0 Å². The molecule has 0 aromatic heterocycles. The molecule has 1 aromatic rings. The molecule has 192 valence electrons. The van der Waals surface area contributed by atoms with Gasteiger partial charge in [0.2, 0.25) is 10.0 Å². The Morgan fingerprint density at radius 3 is 2.57 bits per heavy atom. The fourth-order valence-corrected chi connectivity index (χ4v) is 6.95. The predicted octanol–water partition coefficient (Wildman–Crippen LogP) is 3.61. The quantitative estimate of drug-likeness (QED) is 0.442. The Hall–Kier alpha value is -2.36. The SMILES string of the molecule is CCOP1(=O)N=C(C2=C(O)C(C(C)(C)C)N(CCC3CC3)C2=O)Nc2ccc(NS(C)(=O)=O)cc21. The number of sulfonamides is 1. The van der Waals surface area contributed by atoms with Crippen LogP contribution in [0.15, 0.2) is 34.3 Å². The molecule has 1 amide bonds. The average molecular weight is 525 g/mol. The number of aliphatic hydroxyl groups excluding tert-OH is 1. The topological polar surface area (TPSA) is 137 Å². The van der Waals surface area contributed by atoms with Gasteiger partial charge in [-0.1, -0.05) is 33.6 Å². The Labute approximate surface area is 206 Å². The summed E-state index contributed by atoms with van der Waals surface area (Å²) < 4.78 is 49.5. The van der Waals surface area contributed by atoms with Crippen molar-refractivity contribution in [1.82, 2.24) is 4.90 Å². The summed E-state index contributed by atoms with van der Waals surface area (Å²) in [6, 6.07) is 3.93. The van der Waals surface area contributed by atoms with E-state index in [1.165, 1.54) is 12.1 Å². The van der Waals surface area contributed by atoms with Gasteiger partial charge in [0.05, 0.1) is 29.9 Å². The van der Waals surface area contributed by atoms with Crippen molar-refractivity contribution in [2.75, 3.05) is 29.4 Å². The molecule has 4 rings (SSSR count). The van der Waals surface area contributed by atoms with E-state index in [9.17, 15) is 22.9 Å². The number of hydrogen-bond donors (Lipinski definition) is 3.